The van der Waals surface area contributed by atoms with E-state index >= 15 is 0 Å². The average Bonchev–Trinajstić information content (AvgIpc) is 3.08. The van der Waals surface area contributed by atoms with Crippen molar-refractivity contribution in [1.82, 2.24) is 9.55 Å². The quantitative estimate of drug-likeness (QED) is 0.540. The SMILES string of the molecule is O=C(/C=C/c1ccc(-n2ccnc2)cc1)c1ccccc1F. The summed E-state index contributed by atoms with van der Waals surface area (Å²) in [7, 11) is 0. The summed E-state index contributed by atoms with van der Waals surface area (Å²) in [6, 6.07) is 13.6. The molecule has 0 saturated carbocycles. The first-order valence-electron chi connectivity index (χ1n) is 6.79. The number of hydrogen-bond donors (Lipinski definition) is 0. The first kappa shape index (κ1) is 13.9. The molecule has 0 aliphatic carbocycles. The van der Waals surface area contributed by atoms with Gasteiger partial charge in [0.05, 0.1) is 11.9 Å². The number of carbonyl (C=O) groups excluding carboxylic acids is 1. The summed E-state index contributed by atoms with van der Waals surface area (Å²) < 4.78 is 15.4. The summed E-state index contributed by atoms with van der Waals surface area (Å²) in [6.07, 6.45) is 8.33. The lowest BCUT2D eigenvalue weighted by atomic mass is 10.1. The van der Waals surface area contributed by atoms with Crippen molar-refractivity contribution >= 4 is 11.9 Å². The monoisotopic (exact) mass is 292 g/mol. The molecule has 0 aliphatic heterocycles. The molecule has 0 aliphatic rings. The van der Waals surface area contributed by atoms with Crippen LogP contribution in [0.5, 0.6) is 0 Å². The molecular weight excluding hydrogens is 279 g/mol. The van der Waals surface area contributed by atoms with Crippen molar-refractivity contribution in [2.24, 2.45) is 0 Å². The Kier molecular flexibility index (Phi) is 3.92. The third kappa shape index (κ3) is 3.01. The fourth-order valence-corrected chi connectivity index (χ4v) is 2.09. The topological polar surface area (TPSA) is 34.9 Å². The Labute approximate surface area is 127 Å². The van der Waals surface area contributed by atoms with Crippen LogP contribution in [0.25, 0.3) is 11.8 Å². The standard InChI is InChI=1S/C18H13FN2O/c19-17-4-2-1-3-16(17)18(22)10-7-14-5-8-15(9-6-14)21-12-11-20-13-21/h1-13H/b10-7+. The fourth-order valence-electron chi connectivity index (χ4n) is 2.09. The van der Waals surface area contributed by atoms with Crippen LogP contribution in [0.4, 0.5) is 4.39 Å². The van der Waals surface area contributed by atoms with Gasteiger partial charge in [-0.1, -0.05) is 30.3 Å². The van der Waals surface area contributed by atoms with E-state index in [1.807, 2.05) is 35.0 Å². The second kappa shape index (κ2) is 6.18. The number of halogens is 1. The Bertz CT molecular complexity index is 805. The Morgan fingerprint density at radius 2 is 1.86 bits per heavy atom. The maximum atomic E-state index is 13.5. The van der Waals surface area contributed by atoms with E-state index < -0.39 is 5.82 Å². The zero-order valence-corrected chi connectivity index (χ0v) is 11.7. The van der Waals surface area contributed by atoms with Crippen molar-refractivity contribution in [3.8, 4) is 5.69 Å². The van der Waals surface area contributed by atoms with Crippen molar-refractivity contribution in [2.75, 3.05) is 0 Å². The lowest BCUT2D eigenvalue weighted by Gasteiger charge is -2.02. The van der Waals surface area contributed by atoms with Crippen LogP contribution >= 0.6 is 0 Å². The molecule has 0 N–H and O–H groups in total. The second-order valence-electron chi connectivity index (χ2n) is 4.74. The van der Waals surface area contributed by atoms with Gasteiger partial charge in [0.25, 0.3) is 0 Å². The van der Waals surface area contributed by atoms with Crippen LogP contribution in [0, 0.1) is 5.82 Å². The summed E-state index contributed by atoms with van der Waals surface area (Å²) in [4.78, 5) is 15.9. The minimum absolute atomic E-state index is 0.0776. The van der Waals surface area contributed by atoms with E-state index in [1.165, 1.54) is 18.2 Å². The van der Waals surface area contributed by atoms with Crippen LogP contribution < -0.4 is 0 Å². The van der Waals surface area contributed by atoms with Crippen LogP contribution in [-0.4, -0.2) is 15.3 Å². The van der Waals surface area contributed by atoms with E-state index in [1.54, 1.807) is 30.7 Å². The lowest BCUT2D eigenvalue weighted by molar-refractivity contribution is 0.104. The highest BCUT2D eigenvalue weighted by molar-refractivity contribution is 6.06. The van der Waals surface area contributed by atoms with Gasteiger partial charge in [0.15, 0.2) is 5.78 Å². The summed E-state index contributed by atoms with van der Waals surface area (Å²) in [5, 5.41) is 0. The number of rotatable bonds is 4. The van der Waals surface area contributed by atoms with Crippen LogP contribution in [0.1, 0.15) is 15.9 Å². The molecule has 0 radical (unpaired) electrons. The van der Waals surface area contributed by atoms with E-state index in [9.17, 15) is 9.18 Å². The van der Waals surface area contributed by atoms with Gasteiger partial charge in [0.1, 0.15) is 5.82 Å². The van der Waals surface area contributed by atoms with E-state index in [0.29, 0.717) is 0 Å². The number of imidazole rings is 1. The summed E-state index contributed by atoms with van der Waals surface area (Å²) >= 11 is 0. The van der Waals surface area contributed by atoms with Gasteiger partial charge in [0, 0.05) is 18.1 Å². The summed E-state index contributed by atoms with van der Waals surface area (Å²) in [5.41, 5.74) is 1.93. The van der Waals surface area contributed by atoms with Crippen LogP contribution in [-0.2, 0) is 0 Å². The molecular formula is C18H13FN2O. The minimum Gasteiger partial charge on any atom is -0.306 e. The van der Waals surface area contributed by atoms with Crippen LogP contribution in [0.3, 0.4) is 0 Å². The van der Waals surface area contributed by atoms with E-state index in [2.05, 4.69) is 4.98 Å². The molecule has 3 aromatic rings. The van der Waals surface area contributed by atoms with Crippen molar-refractivity contribution in [3.05, 3.63) is 90.3 Å². The second-order valence-corrected chi connectivity index (χ2v) is 4.74. The maximum Gasteiger partial charge on any atom is 0.188 e. The first-order valence-corrected chi connectivity index (χ1v) is 6.79. The molecule has 1 heterocycles. The molecule has 108 valence electrons. The predicted octanol–water partition coefficient (Wildman–Crippen LogP) is 3.91. The molecule has 0 spiro atoms. The van der Waals surface area contributed by atoms with Gasteiger partial charge in [-0.25, -0.2) is 9.37 Å². The maximum absolute atomic E-state index is 13.5. The number of aromatic nitrogens is 2. The van der Waals surface area contributed by atoms with Crippen molar-refractivity contribution < 1.29 is 9.18 Å². The summed E-state index contributed by atoms with van der Waals surface area (Å²) in [6.45, 7) is 0. The minimum atomic E-state index is -0.507. The van der Waals surface area contributed by atoms with Crippen molar-refractivity contribution in [1.29, 1.82) is 0 Å². The van der Waals surface area contributed by atoms with Gasteiger partial charge in [-0.2, -0.15) is 0 Å². The average molecular weight is 292 g/mol. The Balaban J connectivity index is 1.76. The largest absolute Gasteiger partial charge is 0.306 e. The first-order chi connectivity index (χ1) is 10.7. The Morgan fingerprint density at radius 1 is 1.09 bits per heavy atom. The van der Waals surface area contributed by atoms with E-state index in [-0.39, 0.29) is 11.3 Å². The molecule has 0 bridgehead atoms. The van der Waals surface area contributed by atoms with Crippen LogP contribution in [0.2, 0.25) is 0 Å². The number of nitrogens with zero attached hydrogens (tertiary/aromatic N) is 2. The van der Waals surface area contributed by atoms with Gasteiger partial charge >= 0.3 is 0 Å². The predicted molar refractivity (Wildman–Crippen MR) is 83.3 cm³/mol. The summed E-state index contributed by atoms with van der Waals surface area (Å²) in [5.74, 6) is -0.857. The zero-order valence-electron chi connectivity index (χ0n) is 11.7. The molecule has 0 amide bonds. The zero-order chi connectivity index (χ0) is 15.4. The molecule has 1 aromatic heterocycles. The van der Waals surface area contributed by atoms with Gasteiger partial charge in [-0.05, 0) is 35.9 Å². The molecule has 3 nitrogen and oxygen atoms in total. The van der Waals surface area contributed by atoms with Gasteiger partial charge in [-0.3, -0.25) is 4.79 Å². The smallest absolute Gasteiger partial charge is 0.188 e. The highest BCUT2D eigenvalue weighted by atomic mass is 19.1. The van der Waals surface area contributed by atoms with Crippen LogP contribution in [0.15, 0.2) is 73.3 Å². The molecule has 0 atom stereocenters. The number of allylic oxidation sites excluding steroid dienone is 1. The normalized spacial score (nSPS) is 11.0. The molecule has 3 rings (SSSR count). The van der Waals surface area contributed by atoms with Gasteiger partial charge < -0.3 is 4.57 Å². The Morgan fingerprint density at radius 3 is 2.55 bits per heavy atom. The molecule has 4 heteroatoms. The molecule has 0 unspecified atom stereocenters. The Hall–Kier alpha value is -3.01. The number of carbonyl (C=O) groups is 1. The van der Waals surface area contributed by atoms with Gasteiger partial charge in [-0.15, -0.1) is 0 Å². The third-order valence-electron chi connectivity index (χ3n) is 3.26. The van der Waals surface area contributed by atoms with Gasteiger partial charge in [0.2, 0.25) is 0 Å². The van der Waals surface area contributed by atoms with Crippen molar-refractivity contribution in [2.45, 2.75) is 0 Å². The number of benzene rings is 2. The molecule has 0 saturated heterocycles. The molecule has 2 aromatic carbocycles. The number of hydrogen-bond acceptors (Lipinski definition) is 2. The highest BCUT2D eigenvalue weighted by Crippen LogP contribution is 2.12. The molecule has 22 heavy (non-hydrogen) atoms. The number of ketones is 1. The fraction of sp³-hybridized carbons (Fsp3) is 0. The lowest BCUT2D eigenvalue weighted by Crippen LogP contribution is -1.97. The highest BCUT2D eigenvalue weighted by Gasteiger charge is 2.06. The molecule has 0 fully saturated rings. The third-order valence-corrected chi connectivity index (χ3v) is 3.26. The van der Waals surface area contributed by atoms with E-state index in [0.717, 1.165) is 11.3 Å². The van der Waals surface area contributed by atoms with E-state index in [4.69, 9.17) is 0 Å². The van der Waals surface area contributed by atoms with Crippen molar-refractivity contribution in [3.63, 3.8) is 0 Å².